The minimum atomic E-state index is -4.83. The summed E-state index contributed by atoms with van der Waals surface area (Å²) in [6.45, 7) is 0. The molecule has 0 aliphatic heterocycles. The van der Waals surface area contributed by atoms with Crippen LogP contribution in [0.4, 0.5) is 0 Å². The van der Waals surface area contributed by atoms with E-state index in [9.17, 15) is 23.1 Å². The molecule has 1 aromatic rings. The number of nitrogens with two attached hydrogens (primary N) is 2. The van der Waals surface area contributed by atoms with Gasteiger partial charge in [0.1, 0.15) is 10.6 Å². The van der Waals surface area contributed by atoms with Gasteiger partial charge in [0, 0.05) is 22.9 Å². The van der Waals surface area contributed by atoms with Gasteiger partial charge in [-0.3, -0.25) is 19.3 Å². The predicted octanol–water partition coefficient (Wildman–Crippen LogP) is -0.916. The molecule has 0 saturated carbocycles. The lowest BCUT2D eigenvalue weighted by atomic mass is 9.87. The molecule has 1 unspecified atom stereocenters. The maximum atomic E-state index is 11.5. The molecule has 128 valence electrons. The summed E-state index contributed by atoms with van der Waals surface area (Å²) in [4.78, 5) is 21.7. The van der Waals surface area contributed by atoms with E-state index < -0.39 is 51.0 Å². The molecule has 10 nitrogen and oxygen atoms in total. The standard InChI is InChI=1S/C11H14ClN3O7S/c12-4-1-6(10(17)7(2-4)23(20,21)22)5(3-8(13)16)9(14)11(18)15-19/h1-2,5,9,17,19H,3,14H2,(H2,13,16)(H,15,18)(H,20,21,22)/t5?,9-/m0/s1. The Morgan fingerprint density at radius 2 is 1.91 bits per heavy atom. The van der Waals surface area contributed by atoms with E-state index in [2.05, 4.69) is 0 Å². The Hall–Kier alpha value is -1.92. The number of hydrogen-bond donors (Lipinski definition) is 6. The Labute approximate surface area is 135 Å². The number of hydroxylamine groups is 1. The predicted molar refractivity (Wildman–Crippen MR) is 77.4 cm³/mol. The average Bonchev–Trinajstić information content (AvgIpc) is 2.44. The Bertz CT molecular complexity index is 737. The summed E-state index contributed by atoms with van der Waals surface area (Å²) < 4.78 is 31.6. The molecular weight excluding hydrogens is 354 g/mol. The van der Waals surface area contributed by atoms with E-state index in [1.165, 1.54) is 5.48 Å². The first-order valence-electron chi connectivity index (χ1n) is 5.96. The molecule has 1 aromatic carbocycles. The molecule has 2 amide bonds. The van der Waals surface area contributed by atoms with Gasteiger partial charge in [-0.15, -0.1) is 0 Å². The van der Waals surface area contributed by atoms with Crippen molar-refractivity contribution >= 4 is 33.5 Å². The molecular formula is C11H14ClN3O7S. The minimum absolute atomic E-state index is 0.212. The second kappa shape index (κ2) is 7.10. The highest BCUT2D eigenvalue weighted by atomic mass is 35.5. The zero-order valence-electron chi connectivity index (χ0n) is 11.4. The van der Waals surface area contributed by atoms with Crippen LogP contribution in [0.15, 0.2) is 17.0 Å². The number of halogens is 1. The maximum absolute atomic E-state index is 11.5. The van der Waals surface area contributed by atoms with E-state index in [0.717, 1.165) is 12.1 Å². The fraction of sp³-hybridized carbons (Fsp3) is 0.273. The lowest BCUT2D eigenvalue weighted by Crippen LogP contribution is -2.44. The summed E-state index contributed by atoms with van der Waals surface area (Å²) in [7, 11) is -4.83. The van der Waals surface area contributed by atoms with E-state index in [-0.39, 0.29) is 10.6 Å². The van der Waals surface area contributed by atoms with Gasteiger partial charge in [-0.25, -0.2) is 5.48 Å². The third-order valence-electron chi connectivity index (χ3n) is 3.01. The molecule has 8 N–H and O–H groups in total. The molecule has 0 bridgehead atoms. The molecule has 23 heavy (non-hydrogen) atoms. The molecule has 0 fully saturated rings. The molecule has 12 heteroatoms. The van der Waals surface area contributed by atoms with Crippen LogP contribution in [-0.2, 0) is 19.7 Å². The summed E-state index contributed by atoms with van der Waals surface area (Å²) in [6.07, 6.45) is -0.562. The van der Waals surface area contributed by atoms with Crippen molar-refractivity contribution in [2.45, 2.75) is 23.3 Å². The highest BCUT2D eigenvalue weighted by Gasteiger charge is 2.32. The van der Waals surface area contributed by atoms with Crippen molar-refractivity contribution in [1.29, 1.82) is 0 Å². The van der Waals surface area contributed by atoms with Crippen molar-refractivity contribution in [3.63, 3.8) is 0 Å². The molecule has 0 saturated heterocycles. The fourth-order valence-corrected chi connectivity index (χ4v) is 2.91. The molecule has 0 radical (unpaired) electrons. The van der Waals surface area contributed by atoms with Crippen molar-refractivity contribution in [2.75, 3.05) is 0 Å². The number of primary amides is 1. The highest BCUT2D eigenvalue weighted by molar-refractivity contribution is 7.86. The number of aromatic hydroxyl groups is 1. The van der Waals surface area contributed by atoms with Crippen LogP contribution in [0.25, 0.3) is 0 Å². The van der Waals surface area contributed by atoms with Gasteiger partial charge in [0.2, 0.25) is 5.91 Å². The number of phenols is 1. The number of nitrogens with one attached hydrogen (secondary N) is 1. The third kappa shape index (κ3) is 4.53. The first kappa shape index (κ1) is 19.1. The van der Waals surface area contributed by atoms with Crippen LogP contribution >= 0.6 is 11.6 Å². The lowest BCUT2D eigenvalue weighted by molar-refractivity contribution is -0.131. The van der Waals surface area contributed by atoms with Crippen LogP contribution in [0.1, 0.15) is 17.9 Å². The zero-order valence-corrected chi connectivity index (χ0v) is 13.0. The Morgan fingerprint density at radius 3 is 2.35 bits per heavy atom. The third-order valence-corrected chi connectivity index (χ3v) is 4.10. The number of benzene rings is 1. The number of carbonyl (C=O) groups is 2. The van der Waals surface area contributed by atoms with Crippen LogP contribution in [0.5, 0.6) is 5.75 Å². The summed E-state index contributed by atoms with van der Waals surface area (Å²) in [5, 5.41) is 18.4. The van der Waals surface area contributed by atoms with Gasteiger partial charge in [-0.1, -0.05) is 11.6 Å². The van der Waals surface area contributed by atoms with E-state index in [1.54, 1.807) is 0 Å². The van der Waals surface area contributed by atoms with E-state index in [1.807, 2.05) is 0 Å². The minimum Gasteiger partial charge on any atom is -0.506 e. The smallest absolute Gasteiger partial charge is 0.298 e. The van der Waals surface area contributed by atoms with Crippen molar-refractivity contribution in [2.24, 2.45) is 11.5 Å². The van der Waals surface area contributed by atoms with Gasteiger partial charge < -0.3 is 16.6 Å². The maximum Gasteiger partial charge on any atom is 0.298 e. The van der Waals surface area contributed by atoms with E-state index in [4.69, 9.17) is 32.8 Å². The number of rotatable bonds is 6. The van der Waals surface area contributed by atoms with Gasteiger partial charge in [0.25, 0.3) is 16.0 Å². The summed E-state index contributed by atoms with van der Waals surface area (Å²) in [5.41, 5.74) is 11.6. The second-order valence-electron chi connectivity index (χ2n) is 4.60. The van der Waals surface area contributed by atoms with Crippen molar-refractivity contribution in [1.82, 2.24) is 5.48 Å². The Morgan fingerprint density at radius 1 is 1.35 bits per heavy atom. The van der Waals surface area contributed by atoms with Gasteiger partial charge >= 0.3 is 0 Å². The Kier molecular flexibility index (Phi) is 5.91. The first-order chi connectivity index (χ1) is 10.5. The largest absolute Gasteiger partial charge is 0.506 e. The van der Waals surface area contributed by atoms with Crippen molar-refractivity contribution < 1.29 is 32.9 Å². The first-order valence-corrected chi connectivity index (χ1v) is 7.78. The number of hydrogen-bond acceptors (Lipinski definition) is 7. The zero-order chi connectivity index (χ0) is 17.9. The number of carbonyl (C=O) groups excluding carboxylic acids is 2. The summed E-state index contributed by atoms with van der Waals surface area (Å²) in [5.74, 6) is -4.27. The molecule has 2 atom stereocenters. The normalized spacial score (nSPS) is 14.1. The number of amides is 2. The monoisotopic (exact) mass is 367 g/mol. The second-order valence-corrected chi connectivity index (χ2v) is 6.42. The number of phenolic OH excluding ortho intramolecular Hbond substituents is 1. The van der Waals surface area contributed by atoms with Gasteiger partial charge in [0.15, 0.2) is 0 Å². The Balaban J connectivity index is 3.56. The van der Waals surface area contributed by atoms with E-state index in [0.29, 0.717) is 0 Å². The van der Waals surface area contributed by atoms with Crippen LogP contribution in [0.3, 0.4) is 0 Å². The lowest BCUT2D eigenvalue weighted by Gasteiger charge is -2.23. The highest BCUT2D eigenvalue weighted by Crippen LogP contribution is 2.37. The fourth-order valence-electron chi connectivity index (χ4n) is 1.98. The quantitative estimate of drug-likeness (QED) is 0.211. The van der Waals surface area contributed by atoms with Gasteiger partial charge in [-0.05, 0) is 12.1 Å². The average molecular weight is 368 g/mol. The summed E-state index contributed by atoms with van der Waals surface area (Å²) in [6, 6.07) is 0.268. The molecule has 1 rings (SSSR count). The molecule has 0 spiro atoms. The molecule has 0 aromatic heterocycles. The molecule has 0 aliphatic carbocycles. The summed E-state index contributed by atoms with van der Waals surface area (Å²) >= 11 is 5.73. The van der Waals surface area contributed by atoms with Crippen molar-refractivity contribution in [3.8, 4) is 5.75 Å². The van der Waals surface area contributed by atoms with E-state index >= 15 is 0 Å². The topological polar surface area (TPSA) is 193 Å². The molecule has 0 aliphatic rings. The van der Waals surface area contributed by atoms with Gasteiger partial charge in [-0.2, -0.15) is 8.42 Å². The van der Waals surface area contributed by atoms with Crippen molar-refractivity contribution in [3.05, 3.63) is 22.7 Å². The van der Waals surface area contributed by atoms with Gasteiger partial charge in [0.05, 0.1) is 6.04 Å². The van der Waals surface area contributed by atoms with Crippen LogP contribution in [0.2, 0.25) is 5.02 Å². The SMILES string of the molecule is NC(=O)CC(c1cc(Cl)cc(S(=O)(=O)O)c1O)[C@H](N)C(=O)NO. The van der Waals surface area contributed by atoms with Crippen LogP contribution in [-0.4, -0.2) is 41.1 Å². The molecule has 0 heterocycles. The van der Waals surface area contributed by atoms with Crippen LogP contribution < -0.4 is 16.9 Å². The van der Waals surface area contributed by atoms with Crippen LogP contribution in [0, 0.1) is 0 Å².